The summed E-state index contributed by atoms with van der Waals surface area (Å²) in [5.74, 6) is -2.76. The van der Waals surface area contributed by atoms with Crippen LogP contribution in [-0.2, 0) is 19.1 Å². The van der Waals surface area contributed by atoms with Crippen LogP contribution in [0, 0.1) is 0 Å². The number of ether oxygens (including phenoxy) is 2. The Kier molecular flexibility index (Phi) is 4.12. The molecule has 8 heteroatoms. The maximum atomic E-state index is 11.8. The first kappa shape index (κ1) is 15.0. The first-order valence-corrected chi connectivity index (χ1v) is 7.61. The van der Waals surface area contributed by atoms with E-state index in [0.29, 0.717) is 12.2 Å². The molecule has 22 heavy (non-hydrogen) atoms. The minimum atomic E-state index is -1.52. The maximum Gasteiger partial charge on any atom is 0.356 e. The number of halogens is 1. The molecule has 1 aromatic heterocycles. The molecule has 0 unspecified atom stereocenters. The third-order valence-corrected chi connectivity index (χ3v) is 3.81. The van der Waals surface area contributed by atoms with Crippen LogP contribution in [0.25, 0.3) is 0 Å². The molecule has 1 spiro atoms. The van der Waals surface area contributed by atoms with Gasteiger partial charge in [-0.1, -0.05) is 0 Å². The van der Waals surface area contributed by atoms with Crippen molar-refractivity contribution < 1.29 is 19.1 Å². The Morgan fingerprint density at radius 3 is 2.64 bits per heavy atom. The Labute approximate surface area is 135 Å². The van der Waals surface area contributed by atoms with Crippen molar-refractivity contribution in [3.8, 4) is 0 Å². The Morgan fingerprint density at radius 2 is 1.95 bits per heavy atom. The smallest absolute Gasteiger partial charge is 0.356 e. The molecule has 1 aromatic rings. The molecule has 116 valence electrons. The number of rotatable bonds is 1. The van der Waals surface area contributed by atoms with E-state index in [2.05, 4.69) is 26.2 Å². The van der Waals surface area contributed by atoms with Gasteiger partial charge in [0.15, 0.2) is 0 Å². The maximum absolute atomic E-state index is 11.8. The number of carbonyl (C=O) groups is 2. The molecular formula is C14H14BrN3O4. The second kappa shape index (κ2) is 6.05. The van der Waals surface area contributed by atoms with E-state index < -0.39 is 17.8 Å². The van der Waals surface area contributed by atoms with E-state index in [4.69, 9.17) is 9.47 Å². The van der Waals surface area contributed by atoms with Gasteiger partial charge in [0, 0.05) is 29.4 Å². The van der Waals surface area contributed by atoms with Gasteiger partial charge in [-0.2, -0.15) is 0 Å². The average molecular weight is 368 g/mol. The van der Waals surface area contributed by atoms with Gasteiger partial charge in [0.05, 0.1) is 18.4 Å². The van der Waals surface area contributed by atoms with Crippen LogP contribution in [0.5, 0.6) is 0 Å². The lowest BCUT2D eigenvalue weighted by atomic mass is 10.3. The van der Waals surface area contributed by atoms with E-state index in [1.807, 2.05) is 6.07 Å². The fourth-order valence-corrected chi connectivity index (χ4v) is 2.82. The van der Waals surface area contributed by atoms with Crippen molar-refractivity contribution >= 4 is 33.6 Å². The summed E-state index contributed by atoms with van der Waals surface area (Å²) in [4.78, 5) is 29.5. The first-order chi connectivity index (χ1) is 10.6. The number of hydrogen-bond donors (Lipinski definition) is 1. The molecule has 0 amide bonds. The van der Waals surface area contributed by atoms with Crippen LogP contribution in [0.4, 0.5) is 5.69 Å². The van der Waals surface area contributed by atoms with Gasteiger partial charge in [-0.3, -0.25) is 9.88 Å². The number of nitrogens with one attached hydrogen (secondary N) is 1. The molecule has 3 heterocycles. The van der Waals surface area contributed by atoms with E-state index in [0.717, 1.165) is 29.6 Å². The second-order valence-electron chi connectivity index (χ2n) is 4.93. The summed E-state index contributed by atoms with van der Waals surface area (Å²) in [7, 11) is 0. The van der Waals surface area contributed by atoms with Crippen LogP contribution < -0.4 is 10.2 Å². The molecule has 2 aliphatic heterocycles. The standard InChI is InChI=1S/C14H14BrN3O4/c15-10-6-11(8-17-7-10)18-5-1-4-16-9-14(18)21-12(19)2-3-13(20)22-14/h2-3,6-8,16H,1,4-5,9H2. The highest BCUT2D eigenvalue weighted by molar-refractivity contribution is 9.10. The zero-order valence-electron chi connectivity index (χ0n) is 11.6. The summed E-state index contributed by atoms with van der Waals surface area (Å²) < 4.78 is 11.7. The number of nitrogens with zero attached hydrogens (tertiary/aromatic N) is 2. The molecule has 1 fully saturated rings. The van der Waals surface area contributed by atoms with Gasteiger partial charge in [0.25, 0.3) is 0 Å². The molecule has 1 saturated heterocycles. The molecule has 0 aliphatic carbocycles. The minimum Gasteiger partial charge on any atom is -0.399 e. The van der Waals surface area contributed by atoms with Crippen molar-refractivity contribution in [3.05, 3.63) is 35.1 Å². The summed E-state index contributed by atoms with van der Waals surface area (Å²) >= 11 is 3.37. The predicted molar refractivity (Wildman–Crippen MR) is 80.8 cm³/mol. The lowest BCUT2D eigenvalue weighted by molar-refractivity contribution is -0.217. The highest BCUT2D eigenvalue weighted by Crippen LogP contribution is 2.30. The van der Waals surface area contributed by atoms with E-state index in [1.165, 1.54) is 0 Å². The van der Waals surface area contributed by atoms with E-state index in [-0.39, 0.29) is 6.54 Å². The summed E-state index contributed by atoms with van der Waals surface area (Å²) in [6, 6.07) is 1.83. The Morgan fingerprint density at radius 1 is 1.23 bits per heavy atom. The van der Waals surface area contributed by atoms with Gasteiger partial charge in [-0.25, -0.2) is 9.59 Å². The lowest BCUT2D eigenvalue weighted by Crippen LogP contribution is -2.58. The monoisotopic (exact) mass is 367 g/mol. The third kappa shape index (κ3) is 2.97. The van der Waals surface area contributed by atoms with Crippen LogP contribution in [0.3, 0.4) is 0 Å². The van der Waals surface area contributed by atoms with Gasteiger partial charge in [0.1, 0.15) is 0 Å². The summed E-state index contributed by atoms with van der Waals surface area (Å²) in [5.41, 5.74) is 0.695. The predicted octanol–water partition coefficient (Wildman–Crippen LogP) is 0.954. The largest absolute Gasteiger partial charge is 0.399 e. The Balaban J connectivity index is 2.03. The summed E-state index contributed by atoms with van der Waals surface area (Å²) in [6.45, 7) is 1.45. The van der Waals surface area contributed by atoms with Gasteiger partial charge in [0.2, 0.25) is 0 Å². The van der Waals surface area contributed by atoms with Crippen LogP contribution in [-0.4, -0.2) is 42.5 Å². The molecule has 2 aliphatic rings. The van der Waals surface area contributed by atoms with Crippen LogP contribution >= 0.6 is 15.9 Å². The molecule has 3 rings (SSSR count). The number of esters is 2. The first-order valence-electron chi connectivity index (χ1n) is 6.82. The summed E-state index contributed by atoms with van der Waals surface area (Å²) in [6.07, 6.45) is 6.23. The van der Waals surface area contributed by atoms with Crippen molar-refractivity contribution in [1.82, 2.24) is 10.3 Å². The quantitative estimate of drug-likeness (QED) is 0.740. The fraction of sp³-hybridized carbons (Fsp3) is 0.357. The van der Waals surface area contributed by atoms with Gasteiger partial charge < -0.3 is 14.8 Å². The summed E-state index contributed by atoms with van der Waals surface area (Å²) in [5, 5.41) is 3.14. The van der Waals surface area contributed by atoms with Gasteiger partial charge in [-0.05, 0) is 35.0 Å². The number of hydrogen-bond acceptors (Lipinski definition) is 7. The van der Waals surface area contributed by atoms with E-state index >= 15 is 0 Å². The Hall–Kier alpha value is -1.93. The number of carbonyl (C=O) groups excluding carboxylic acids is 2. The van der Waals surface area contributed by atoms with Crippen molar-refractivity contribution in [1.29, 1.82) is 0 Å². The zero-order chi connectivity index (χ0) is 15.6. The molecular weight excluding hydrogens is 354 g/mol. The number of anilines is 1. The van der Waals surface area contributed by atoms with Crippen LogP contribution in [0.2, 0.25) is 0 Å². The van der Waals surface area contributed by atoms with Gasteiger partial charge in [-0.15, -0.1) is 0 Å². The number of pyridine rings is 1. The van der Waals surface area contributed by atoms with Crippen LogP contribution in [0.1, 0.15) is 6.42 Å². The highest BCUT2D eigenvalue weighted by atomic mass is 79.9. The second-order valence-corrected chi connectivity index (χ2v) is 5.85. The molecule has 7 nitrogen and oxygen atoms in total. The highest BCUT2D eigenvalue weighted by Gasteiger charge is 2.46. The SMILES string of the molecule is O=C1C=CC(=O)OC2(CNCCCN2c2cncc(Br)c2)O1. The zero-order valence-corrected chi connectivity index (χ0v) is 13.2. The molecule has 0 saturated carbocycles. The number of aromatic nitrogens is 1. The molecule has 1 N–H and O–H groups in total. The van der Waals surface area contributed by atoms with Crippen molar-refractivity contribution in [3.63, 3.8) is 0 Å². The van der Waals surface area contributed by atoms with E-state index in [9.17, 15) is 9.59 Å². The molecule has 0 bridgehead atoms. The van der Waals surface area contributed by atoms with Crippen LogP contribution in [0.15, 0.2) is 35.1 Å². The normalized spacial score (nSPS) is 21.0. The Bertz CT molecular complexity index is 614. The average Bonchev–Trinajstić information content (AvgIpc) is 2.75. The van der Waals surface area contributed by atoms with E-state index in [1.54, 1.807) is 17.3 Å². The van der Waals surface area contributed by atoms with Crippen molar-refractivity contribution in [2.75, 3.05) is 24.5 Å². The third-order valence-electron chi connectivity index (χ3n) is 3.37. The molecule has 0 radical (unpaired) electrons. The van der Waals surface area contributed by atoms with Gasteiger partial charge >= 0.3 is 17.8 Å². The minimum absolute atomic E-state index is 0.179. The topological polar surface area (TPSA) is 80.8 Å². The van der Waals surface area contributed by atoms with Crippen molar-refractivity contribution in [2.45, 2.75) is 12.3 Å². The molecule has 0 aromatic carbocycles. The lowest BCUT2D eigenvalue weighted by Gasteiger charge is -2.40. The van der Waals surface area contributed by atoms with Crippen molar-refractivity contribution in [2.24, 2.45) is 0 Å². The molecule has 0 atom stereocenters. The fourth-order valence-electron chi connectivity index (χ4n) is 2.47.